The Morgan fingerprint density at radius 3 is 2.37 bits per heavy atom. The van der Waals surface area contributed by atoms with Crippen molar-refractivity contribution in [3.63, 3.8) is 0 Å². The van der Waals surface area contributed by atoms with Crippen molar-refractivity contribution in [1.82, 2.24) is 4.90 Å². The summed E-state index contributed by atoms with van der Waals surface area (Å²) in [6, 6.07) is 12.1. The lowest BCUT2D eigenvalue weighted by Crippen LogP contribution is -2.31. The Morgan fingerprint density at radius 2 is 1.67 bits per heavy atom. The first-order valence-electron chi connectivity index (χ1n) is 9.36. The lowest BCUT2D eigenvalue weighted by atomic mass is 10.1. The molecule has 2 aromatic carbocycles. The fourth-order valence-electron chi connectivity index (χ4n) is 3.38. The summed E-state index contributed by atoms with van der Waals surface area (Å²) >= 11 is 0. The molecule has 2 aromatic rings. The van der Waals surface area contributed by atoms with Gasteiger partial charge in [-0.15, -0.1) is 0 Å². The van der Waals surface area contributed by atoms with Crippen molar-refractivity contribution < 1.29 is 13.2 Å². The van der Waals surface area contributed by atoms with Crippen LogP contribution in [0.25, 0.3) is 0 Å². The highest BCUT2D eigenvalue weighted by Crippen LogP contribution is 2.22. The van der Waals surface area contributed by atoms with Crippen molar-refractivity contribution in [2.75, 3.05) is 17.8 Å². The molecule has 0 atom stereocenters. The highest BCUT2D eigenvalue weighted by Gasteiger charge is 2.20. The van der Waals surface area contributed by atoms with Crippen LogP contribution >= 0.6 is 0 Å². The number of carbonyl (C=O) groups is 1. The summed E-state index contributed by atoms with van der Waals surface area (Å²) in [5, 5.41) is 0. The number of nitrogens with one attached hydrogen (secondary N) is 1. The number of nitrogens with zero attached hydrogens (tertiary/aromatic N) is 1. The van der Waals surface area contributed by atoms with Crippen LogP contribution in [-0.2, 0) is 10.0 Å². The van der Waals surface area contributed by atoms with Gasteiger partial charge in [0.25, 0.3) is 15.9 Å². The third-order valence-corrected chi connectivity index (χ3v) is 6.41. The van der Waals surface area contributed by atoms with Crippen molar-refractivity contribution in [3.8, 4) is 0 Å². The maximum atomic E-state index is 12.8. The number of aryl methyl sites for hydroxylation is 2. The first-order valence-corrected chi connectivity index (χ1v) is 10.8. The molecular weight excluding hydrogens is 360 g/mol. The summed E-state index contributed by atoms with van der Waals surface area (Å²) in [4.78, 5) is 14.9. The highest BCUT2D eigenvalue weighted by atomic mass is 32.2. The minimum Gasteiger partial charge on any atom is -0.339 e. The number of hydrogen-bond acceptors (Lipinski definition) is 3. The Balaban J connectivity index is 1.83. The Morgan fingerprint density at radius 1 is 0.963 bits per heavy atom. The normalized spacial score (nSPS) is 15.3. The molecule has 0 spiro atoms. The van der Waals surface area contributed by atoms with Gasteiger partial charge in [-0.05, 0) is 62.1 Å². The molecule has 3 rings (SSSR count). The van der Waals surface area contributed by atoms with Gasteiger partial charge in [-0.3, -0.25) is 9.52 Å². The Hall–Kier alpha value is -2.34. The smallest absolute Gasteiger partial charge is 0.262 e. The molecule has 0 radical (unpaired) electrons. The monoisotopic (exact) mass is 386 g/mol. The first-order chi connectivity index (χ1) is 12.9. The highest BCUT2D eigenvalue weighted by molar-refractivity contribution is 7.92. The van der Waals surface area contributed by atoms with Gasteiger partial charge in [0.2, 0.25) is 0 Å². The van der Waals surface area contributed by atoms with E-state index < -0.39 is 10.0 Å². The average molecular weight is 387 g/mol. The lowest BCUT2D eigenvalue weighted by molar-refractivity contribution is 0.0761. The van der Waals surface area contributed by atoms with E-state index in [0.717, 1.165) is 44.3 Å². The van der Waals surface area contributed by atoms with Crippen molar-refractivity contribution >= 4 is 21.6 Å². The van der Waals surface area contributed by atoms with Crippen molar-refractivity contribution in [2.45, 2.75) is 44.4 Å². The van der Waals surface area contributed by atoms with Crippen LogP contribution in [0.2, 0.25) is 0 Å². The molecule has 1 fully saturated rings. The summed E-state index contributed by atoms with van der Waals surface area (Å²) < 4.78 is 28.2. The molecule has 0 aromatic heterocycles. The average Bonchev–Trinajstić information content (AvgIpc) is 2.92. The topological polar surface area (TPSA) is 66.5 Å². The zero-order valence-corrected chi connectivity index (χ0v) is 16.7. The molecule has 0 saturated carbocycles. The molecule has 1 amide bonds. The van der Waals surface area contributed by atoms with Crippen molar-refractivity contribution in [3.05, 3.63) is 59.2 Å². The molecule has 1 aliphatic rings. The Kier molecular flexibility index (Phi) is 5.85. The predicted octanol–water partition coefficient (Wildman–Crippen LogP) is 4.12. The summed E-state index contributed by atoms with van der Waals surface area (Å²) in [6.07, 6.45) is 4.34. The van der Waals surface area contributed by atoms with Gasteiger partial charge in [0, 0.05) is 24.3 Å². The molecule has 0 aliphatic carbocycles. The summed E-state index contributed by atoms with van der Waals surface area (Å²) in [6.45, 7) is 5.15. The zero-order chi connectivity index (χ0) is 19.4. The van der Waals surface area contributed by atoms with E-state index in [4.69, 9.17) is 0 Å². The third-order valence-electron chi connectivity index (χ3n) is 4.89. The molecule has 1 heterocycles. The second-order valence-electron chi connectivity index (χ2n) is 7.16. The molecular formula is C21H26N2O3S. The molecule has 0 unspecified atom stereocenters. The maximum absolute atomic E-state index is 12.8. The van der Waals surface area contributed by atoms with E-state index in [-0.39, 0.29) is 10.8 Å². The van der Waals surface area contributed by atoms with E-state index in [1.807, 2.05) is 17.9 Å². The number of benzene rings is 2. The van der Waals surface area contributed by atoms with Crippen LogP contribution in [-0.4, -0.2) is 32.3 Å². The van der Waals surface area contributed by atoms with E-state index in [9.17, 15) is 13.2 Å². The van der Waals surface area contributed by atoms with E-state index in [0.29, 0.717) is 16.8 Å². The number of sulfonamides is 1. The third kappa shape index (κ3) is 4.69. The predicted molar refractivity (Wildman–Crippen MR) is 108 cm³/mol. The molecule has 1 N–H and O–H groups in total. The Labute approximate surface area is 161 Å². The number of rotatable bonds is 4. The van der Waals surface area contributed by atoms with Crippen LogP contribution in [0.4, 0.5) is 5.69 Å². The van der Waals surface area contributed by atoms with Gasteiger partial charge in [-0.25, -0.2) is 8.42 Å². The number of amides is 1. The zero-order valence-electron chi connectivity index (χ0n) is 15.9. The van der Waals surface area contributed by atoms with E-state index in [1.165, 1.54) is 0 Å². The molecule has 1 saturated heterocycles. The first kappa shape index (κ1) is 19.4. The number of anilines is 1. The van der Waals surface area contributed by atoms with Crippen molar-refractivity contribution in [2.24, 2.45) is 0 Å². The molecule has 6 heteroatoms. The minimum atomic E-state index is -3.71. The number of hydrogen-bond donors (Lipinski definition) is 1. The largest absolute Gasteiger partial charge is 0.339 e. The Bertz CT molecular complexity index is 930. The van der Waals surface area contributed by atoms with Gasteiger partial charge < -0.3 is 4.90 Å². The SMILES string of the molecule is Cc1ccc(C)c(S(=O)(=O)Nc2cccc(C(=O)N3CCCCCC3)c2)c1. The number of likely N-dealkylation sites (tertiary alicyclic amines) is 1. The van der Waals surface area contributed by atoms with Crippen LogP contribution in [0.15, 0.2) is 47.4 Å². The van der Waals surface area contributed by atoms with Gasteiger partial charge in [-0.1, -0.05) is 31.0 Å². The van der Waals surface area contributed by atoms with E-state index in [1.54, 1.807) is 43.3 Å². The minimum absolute atomic E-state index is 0.0373. The van der Waals surface area contributed by atoms with Crippen LogP contribution < -0.4 is 4.72 Å². The van der Waals surface area contributed by atoms with Crippen LogP contribution in [0.1, 0.15) is 47.2 Å². The van der Waals surface area contributed by atoms with Gasteiger partial charge in [0.15, 0.2) is 0 Å². The molecule has 5 nitrogen and oxygen atoms in total. The van der Waals surface area contributed by atoms with Crippen molar-refractivity contribution in [1.29, 1.82) is 0 Å². The molecule has 144 valence electrons. The summed E-state index contributed by atoms with van der Waals surface area (Å²) in [7, 11) is -3.71. The standard InChI is InChI=1S/C21H26N2O3S/c1-16-10-11-17(2)20(14-16)27(25,26)22-19-9-7-8-18(15-19)21(24)23-12-5-3-4-6-13-23/h7-11,14-15,22H,3-6,12-13H2,1-2H3. The fourth-order valence-corrected chi connectivity index (χ4v) is 4.76. The van der Waals surface area contributed by atoms with Gasteiger partial charge in [-0.2, -0.15) is 0 Å². The van der Waals surface area contributed by atoms with E-state index in [2.05, 4.69) is 4.72 Å². The molecule has 0 bridgehead atoms. The number of carbonyl (C=O) groups excluding carboxylic acids is 1. The lowest BCUT2D eigenvalue weighted by Gasteiger charge is -2.20. The van der Waals surface area contributed by atoms with Crippen LogP contribution in [0.3, 0.4) is 0 Å². The maximum Gasteiger partial charge on any atom is 0.262 e. The van der Waals surface area contributed by atoms with Crippen LogP contribution in [0.5, 0.6) is 0 Å². The van der Waals surface area contributed by atoms with Gasteiger partial charge >= 0.3 is 0 Å². The van der Waals surface area contributed by atoms with E-state index >= 15 is 0 Å². The fraction of sp³-hybridized carbons (Fsp3) is 0.381. The second-order valence-corrected chi connectivity index (χ2v) is 8.81. The van der Waals surface area contributed by atoms with Crippen LogP contribution in [0, 0.1) is 13.8 Å². The van der Waals surface area contributed by atoms with Gasteiger partial charge in [0.1, 0.15) is 0 Å². The quantitative estimate of drug-likeness (QED) is 0.859. The second kappa shape index (κ2) is 8.13. The summed E-state index contributed by atoms with van der Waals surface area (Å²) in [5.41, 5.74) is 2.48. The van der Waals surface area contributed by atoms with Gasteiger partial charge in [0.05, 0.1) is 4.90 Å². The molecule has 27 heavy (non-hydrogen) atoms. The molecule has 1 aliphatic heterocycles. The summed E-state index contributed by atoms with van der Waals surface area (Å²) in [5.74, 6) is -0.0373.